The number of benzene rings is 2. The van der Waals surface area contributed by atoms with Crippen molar-refractivity contribution in [3.05, 3.63) is 107 Å². The first-order valence-electron chi connectivity index (χ1n) is 14.6. The lowest BCUT2D eigenvalue weighted by atomic mass is 10.1. The predicted octanol–water partition coefficient (Wildman–Crippen LogP) is 3.79. The number of pyridine rings is 2. The van der Waals surface area contributed by atoms with Crippen LogP contribution >= 0.6 is 0 Å². The number of carbonyl (C=O) groups excluding carboxylic acids is 2. The van der Waals surface area contributed by atoms with Gasteiger partial charge in [0.25, 0.3) is 5.91 Å². The van der Waals surface area contributed by atoms with Gasteiger partial charge in [0.1, 0.15) is 17.1 Å². The molecule has 2 aliphatic rings. The maximum atomic E-state index is 13.1. The molecule has 1 aliphatic heterocycles. The Bertz CT molecular complexity index is 2150. The Balaban J connectivity index is 1.19. The van der Waals surface area contributed by atoms with Crippen molar-refractivity contribution in [3.63, 3.8) is 0 Å². The second-order valence-electron chi connectivity index (χ2n) is 11.2. The summed E-state index contributed by atoms with van der Waals surface area (Å²) in [7, 11) is 0. The summed E-state index contributed by atoms with van der Waals surface area (Å²) >= 11 is 0. The Kier molecular flexibility index (Phi) is 6.17. The number of imidazole rings is 1. The molecule has 4 aromatic heterocycles. The van der Waals surface area contributed by atoms with Gasteiger partial charge in [-0.1, -0.05) is 6.07 Å². The minimum Gasteiger partial charge on any atom is -0.507 e. The number of rotatable bonds is 6. The fraction of sp³-hybridized carbons (Fsp3) is 0.152. The maximum Gasteiger partial charge on any atom is 0.251 e. The number of nitrogens with one attached hydrogen (secondary N) is 2. The number of phenols is 1. The van der Waals surface area contributed by atoms with Crippen molar-refractivity contribution in [1.29, 1.82) is 0 Å². The zero-order valence-corrected chi connectivity index (χ0v) is 23.9. The van der Waals surface area contributed by atoms with E-state index < -0.39 is 0 Å². The number of aromatic nitrogens is 6. The molecule has 1 amide bonds. The van der Waals surface area contributed by atoms with Crippen LogP contribution in [0.2, 0.25) is 0 Å². The van der Waals surface area contributed by atoms with Gasteiger partial charge >= 0.3 is 0 Å². The lowest BCUT2D eigenvalue weighted by Gasteiger charge is -2.16. The van der Waals surface area contributed by atoms with E-state index in [1.54, 1.807) is 6.20 Å². The zero-order chi connectivity index (χ0) is 30.7. The second kappa shape index (κ2) is 10.4. The first kappa shape index (κ1) is 26.7. The highest BCUT2D eigenvalue weighted by Crippen LogP contribution is 2.36. The normalized spacial score (nSPS) is 15.2. The number of fused-ring (bicyclic) bond motifs is 3. The van der Waals surface area contributed by atoms with Gasteiger partial charge in [-0.15, -0.1) is 0 Å². The number of aldehydes is 1. The number of hydrogen-bond donors (Lipinski definition) is 4. The first-order chi connectivity index (χ1) is 22.0. The lowest BCUT2D eigenvalue weighted by Crippen LogP contribution is -2.27. The quantitative estimate of drug-likeness (QED) is 0.209. The monoisotopic (exact) mass is 597 g/mol. The van der Waals surface area contributed by atoms with Gasteiger partial charge in [0.2, 0.25) is 0 Å². The number of hydrogen-bond acceptors (Lipinski definition) is 9. The van der Waals surface area contributed by atoms with Crippen molar-refractivity contribution in [2.24, 2.45) is 0 Å². The molecule has 1 atom stereocenters. The molecule has 45 heavy (non-hydrogen) atoms. The molecule has 0 spiro atoms. The smallest absolute Gasteiger partial charge is 0.251 e. The third kappa shape index (κ3) is 4.50. The Labute approximate surface area is 256 Å². The molecule has 8 rings (SSSR count). The number of carbonyl (C=O) groups is 2. The molecule has 6 aromatic rings. The fourth-order valence-corrected chi connectivity index (χ4v) is 6.21. The van der Waals surface area contributed by atoms with Crippen molar-refractivity contribution < 1.29 is 14.7 Å². The molecule has 5 N–H and O–H groups in total. The van der Waals surface area contributed by atoms with E-state index in [0.29, 0.717) is 46.0 Å². The van der Waals surface area contributed by atoms with Crippen molar-refractivity contribution in [1.82, 2.24) is 39.9 Å². The molecule has 0 saturated carbocycles. The van der Waals surface area contributed by atoms with Crippen LogP contribution < -0.4 is 16.4 Å². The van der Waals surface area contributed by atoms with Gasteiger partial charge in [0, 0.05) is 42.3 Å². The summed E-state index contributed by atoms with van der Waals surface area (Å²) in [6.45, 7) is 1.52. The molecule has 1 aliphatic carbocycles. The summed E-state index contributed by atoms with van der Waals surface area (Å²) in [6, 6.07) is 17.7. The van der Waals surface area contributed by atoms with Gasteiger partial charge in [0.05, 0.1) is 22.9 Å². The number of anilines is 1. The number of aryl methyl sites for hydroxylation is 1. The molecule has 1 unspecified atom stereocenters. The molecule has 12 heteroatoms. The summed E-state index contributed by atoms with van der Waals surface area (Å²) < 4.78 is 3.80. The van der Waals surface area contributed by atoms with E-state index in [9.17, 15) is 14.7 Å². The molecule has 12 nitrogen and oxygen atoms in total. The molecule has 5 heterocycles. The van der Waals surface area contributed by atoms with Gasteiger partial charge in [-0.3, -0.25) is 14.2 Å². The van der Waals surface area contributed by atoms with E-state index >= 15 is 0 Å². The van der Waals surface area contributed by atoms with Gasteiger partial charge in [-0.05, 0) is 78.6 Å². The summed E-state index contributed by atoms with van der Waals surface area (Å²) in [5, 5.41) is 20.9. The van der Waals surface area contributed by atoms with Crippen LogP contribution in [0.5, 0.6) is 5.75 Å². The summed E-state index contributed by atoms with van der Waals surface area (Å²) in [4.78, 5) is 38.6. The number of aromatic hydroxyl groups is 1. The Morgan fingerprint density at radius 2 is 1.98 bits per heavy atom. The van der Waals surface area contributed by atoms with Crippen molar-refractivity contribution >= 4 is 29.2 Å². The van der Waals surface area contributed by atoms with Crippen LogP contribution in [-0.2, 0) is 19.5 Å². The summed E-state index contributed by atoms with van der Waals surface area (Å²) in [5.41, 5.74) is 13.9. The van der Waals surface area contributed by atoms with E-state index in [4.69, 9.17) is 20.8 Å². The Hall–Kier alpha value is -5.88. The minimum atomic E-state index is -0.313. The molecule has 0 radical (unpaired) electrons. The van der Waals surface area contributed by atoms with Crippen LogP contribution in [-0.4, -0.2) is 46.6 Å². The number of nitrogens with zero attached hydrogens (tertiary/aromatic N) is 6. The standard InChI is InChI=1S/C33H27N9O3/c34-30-24(2-1-11-36-30)31-37-26-8-10-29(41-16-21-14-35-15-27(21)40-41)39-32(26)42(31)22-5-6-23-18(13-22)3-7-25(23)38-33(45)19-4-9-28(44)20(12-19)17-43/h1-2,4-6,8-13,16-17,25,35,44H,3,7,14-15H2,(H2,34,36)(H,38,45). The van der Waals surface area contributed by atoms with Crippen LogP contribution in [0.4, 0.5) is 5.82 Å². The number of nitrogens with two attached hydrogens (primary N) is 1. The van der Waals surface area contributed by atoms with Crippen LogP contribution in [0.3, 0.4) is 0 Å². The molecule has 2 aromatic carbocycles. The van der Waals surface area contributed by atoms with Crippen LogP contribution in [0.15, 0.2) is 73.1 Å². The molecule has 222 valence electrons. The van der Waals surface area contributed by atoms with E-state index in [2.05, 4.69) is 21.7 Å². The highest BCUT2D eigenvalue weighted by molar-refractivity contribution is 5.96. The highest BCUT2D eigenvalue weighted by atomic mass is 16.3. The number of nitrogen functional groups attached to an aromatic ring is 1. The Morgan fingerprint density at radius 3 is 2.82 bits per heavy atom. The van der Waals surface area contributed by atoms with E-state index in [0.717, 1.165) is 54.0 Å². The topological polar surface area (TPSA) is 166 Å². The average molecular weight is 598 g/mol. The number of phenolic OH excluding ortho intramolecular Hbond substituents is 1. The average Bonchev–Trinajstić information content (AvgIpc) is 3.83. The lowest BCUT2D eigenvalue weighted by molar-refractivity contribution is 0.0936. The molecule has 0 saturated heterocycles. The van der Waals surface area contributed by atoms with Gasteiger partial charge in [0.15, 0.2) is 23.6 Å². The van der Waals surface area contributed by atoms with Crippen LogP contribution in [0.25, 0.3) is 34.1 Å². The van der Waals surface area contributed by atoms with E-state index in [1.165, 1.54) is 18.2 Å². The van der Waals surface area contributed by atoms with Gasteiger partial charge < -0.3 is 21.5 Å². The third-order valence-electron chi connectivity index (χ3n) is 8.47. The van der Waals surface area contributed by atoms with Crippen molar-refractivity contribution in [3.8, 4) is 28.6 Å². The second-order valence-corrected chi connectivity index (χ2v) is 11.2. The summed E-state index contributed by atoms with van der Waals surface area (Å²) in [6.07, 6.45) is 5.66. The zero-order valence-electron chi connectivity index (χ0n) is 23.9. The first-order valence-corrected chi connectivity index (χ1v) is 14.6. The van der Waals surface area contributed by atoms with Crippen LogP contribution in [0, 0.1) is 0 Å². The molecule has 0 fully saturated rings. The predicted molar refractivity (Wildman–Crippen MR) is 166 cm³/mol. The third-order valence-corrected chi connectivity index (χ3v) is 8.47. The SMILES string of the molecule is Nc1ncccc1-c1nc2ccc(-n3cc4c(n3)CNC4)nc2n1-c1ccc2c(c1)CCC2NC(=O)c1ccc(O)c(C=O)c1. The molecular weight excluding hydrogens is 570 g/mol. The molecule has 0 bridgehead atoms. The van der Waals surface area contributed by atoms with Gasteiger partial charge in [-0.25, -0.2) is 19.6 Å². The van der Waals surface area contributed by atoms with Crippen molar-refractivity contribution in [2.75, 3.05) is 5.73 Å². The van der Waals surface area contributed by atoms with Crippen LogP contribution in [0.1, 0.15) is 55.6 Å². The largest absolute Gasteiger partial charge is 0.507 e. The minimum absolute atomic E-state index is 0.0714. The Morgan fingerprint density at radius 1 is 1.07 bits per heavy atom. The fourth-order valence-electron chi connectivity index (χ4n) is 6.21. The summed E-state index contributed by atoms with van der Waals surface area (Å²) in [5.74, 6) is 1.19. The van der Waals surface area contributed by atoms with E-state index in [-0.39, 0.29) is 23.3 Å². The van der Waals surface area contributed by atoms with E-state index in [1.807, 2.05) is 51.8 Å². The van der Waals surface area contributed by atoms with Gasteiger partial charge in [-0.2, -0.15) is 5.10 Å². The highest BCUT2D eigenvalue weighted by Gasteiger charge is 2.27. The molecular formula is C33H27N9O3. The number of amides is 1. The van der Waals surface area contributed by atoms with Crippen molar-refractivity contribution in [2.45, 2.75) is 32.0 Å². The maximum absolute atomic E-state index is 13.1.